The largest absolute Gasteiger partial charge is 0.458 e. The van der Waals surface area contributed by atoms with Crippen molar-refractivity contribution < 1.29 is 14.3 Å². The molecule has 0 radical (unpaired) electrons. The minimum atomic E-state index is -0.143. The molecule has 1 aromatic heterocycles. The number of hydrogen-bond acceptors (Lipinski definition) is 5. The molecule has 0 saturated carbocycles. The van der Waals surface area contributed by atoms with E-state index in [9.17, 15) is 9.59 Å². The van der Waals surface area contributed by atoms with Crippen molar-refractivity contribution >= 4 is 33.4 Å². The first kappa shape index (κ1) is 18.3. The molecule has 1 N–H and O–H groups in total. The number of benzene rings is 1. The average Bonchev–Trinajstić information content (AvgIpc) is 2.63. The van der Waals surface area contributed by atoms with Crippen LogP contribution in [0.15, 0.2) is 41.1 Å². The lowest BCUT2D eigenvalue weighted by atomic mass is 10.1. The van der Waals surface area contributed by atoms with Gasteiger partial charge < -0.3 is 15.0 Å². The number of nitrogens with one attached hydrogen (secondary N) is 1. The number of carbonyl (C=O) groups is 2. The van der Waals surface area contributed by atoms with E-state index in [-0.39, 0.29) is 17.9 Å². The molecule has 0 aliphatic carbocycles. The molecule has 1 fully saturated rings. The van der Waals surface area contributed by atoms with Crippen molar-refractivity contribution in [1.82, 2.24) is 14.9 Å². The highest BCUT2D eigenvalue weighted by molar-refractivity contribution is 9.10. The summed E-state index contributed by atoms with van der Waals surface area (Å²) in [5, 5.41) is 2.69. The van der Waals surface area contributed by atoms with Crippen molar-refractivity contribution in [2.75, 3.05) is 18.4 Å². The molecule has 26 heavy (non-hydrogen) atoms. The second-order valence-corrected chi connectivity index (χ2v) is 6.99. The maximum absolute atomic E-state index is 12.7. The van der Waals surface area contributed by atoms with Gasteiger partial charge in [0.25, 0.3) is 5.91 Å². The van der Waals surface area contributed by atoms with Gasteiger partial charge in [0.2, 0.25) is 5.91 Å². The Hall–Kier alpha value is -2.48. The van der Waals surface area contributed by atoms with Crippen molar-refractivity contribution in [3.63, 3.8) is 0 Å². The Balaban J connectivity index is 1.62. The Morgan fingerprint density at radius 1 is 1.23 bits per heavy atom. The van der Waals surface area contributed by atoms with Crippen LogP contribution >= 0.6 is 15.9 Å². The van der Waals surface area contributed by atoms with Crippen LogP contribution in [0.25, 0.3) is 0 Å². The van der Waals surface area contributed by atoms with E-state index in [0.717, 1.165) is 17.3 Å². The number of ether oxygens (including phenoxy) is 1. The molecule has 1 unspecified atom stereocenters. The van der Waals surface area contributed by atoms with Crippen LogP contribution in [0.1, 0.15) is 30.1 Å². The molecule has 1 aliphatic heterocycles. The average molecular weight is 419 g/mol. The number of aromatic nitrogens is 2. The van der Waals surface area contributed by atoms with E-state index >= 15 is 0 Å². The van der Waals surface area contributed by atoms with Crippen molar-refractivity contribution in [2.45, 2.75) is 25.9 Å². The Kier molecular flexibility index (Phi) is 5.82. The molecule has 3 rings (SSSR count). The summed E-state index contributed by atoms with van der Waals surface area (Å²) in [6, 6.07) is 7.20. The Labute approximate surface area is 159 Å². The minimum Gasteiger partial charge on any atom is -0.458 e. The van der Waals surface area contributed by atoms with Crippen LogP contribution < -0.4 is 10.1 Å². The zero-order valence-electron chi connectivity index (χ0n) is 14.3. The van der Waals surface area contributed by atoms with Crippen molar-refractivity contribution in [3.05, 3.63) is 46.7 Å². The monoisotopic (exact) mass is 418 g/mol. The highest BCUT2D eigenvalue weighted by Gasteiger charge is 2.26. The van der Waals surface area contributed by atoms with E-state index in [4.69, 9.17) is 4.74 Å². The normalized spacial score (nSPS) is 16.8. The summed E-state index contributed by atoms with van der Waals surface area (Å²) < 4.78 is 6.59. The molecule has 1 saturated heterocycles. The molecular formula is C18H19BrN4O3. The number of anilines is 1. The van der Waals surface area contributed by atoms with Gasteiger partial charge in [-0.1, -0.05) is 0 Å². The van der Waals surface area contributed by atoms with Crippen molar-refractivity contribution in [2.24, 2.45) is 0 Å². The van der Waals surface area contributed by atoms with E-state index in [1.54, 1.807) is 41.6 Å². The molecule has 0 bridgehead atoms. The first-order valence-corrected chi connectivity index (χ1v) is 9.11. The van der Waals surface area contributed by atoms with Crippen molar-refractivity contribution in [1.29, 1.82) is 0 Å². The number of carbonyl (C=O) groups excluding carboxylic acids is 2. The number of piperidine rings is 1. The zero-order valence-corrected chi connectivity index (χ0v) is 15.9. The molecule has 0 spiro atoms. The summed E-state index contributed by atoms with van der Waals surface area (Å²) in [5.41, 5.74) is 1.25. The molecule has 2 heterocycles. The Morgan fingerprint density at radius 3 is 2.58 bits per heavy atom. The fraction of sp³-hybridized carbons (Fsp3) is 0.333. The fourth-order valence-corrected chi connectivity index (χ4v) is 3.02. The van der Waals surface area contributed by atoms with Crippen LogP contribution in [0.4, 0.5) is 5.69 Å². The lowest BCUT2D eigenvalue weighted by Gasteiger charge is -2.32. The lowest BCUT2D eigenvalue weighted by Crippen LogP contribution is -2.44. The predicted molar refractivity (Wildman–Crippen MR) is 100 cm³/mol. The third-order valence-electron chi connectivity index (χ3n) is 3.99. The number of likely N-dealkylation sites (tertiary alicyclic amines) is 1. The molecule has 2 amide bonds. The first-order chi connectivity index (χ1) is 12.5. The van der Waals surface area contributed by atoms with Crippen LogP contribution in [-0.4, -0.2) is 45.9 Å². The molecule has 8 heteroatoms. The van der Waals surface area contributed by atoms with Crippen LogP contribution in [0.3, 0.4) is 0 Å². The van der Waals surface area contributed by atoms with Crippen LogP contribution in [0.5, 0.6) is 6.01 Å². The number of rotatable bonds is 4. The molecule has 7 nitrogen and oxygen atoms in total. The summed E-state index contributed by atoms with van der Waals surface area (Å²) >= 11 is 3.29. The standard InChI is InChI=1S/C18H19BrN4O3/c1-12(24)22-15-6-4-13(5-7-15)17(25)23-8-2-3-16(11-23)26-18-20-9-14(19)10-21-18/h4-7,9-10,16H,2-3,8,11H2,1H3,(H,22,24). The van der Waals surface area contributed by atoms with Crippen LogP contribution in [0, 0.1) is 0 Å². The third kappa shape index (κ3) is 4.78. The number of nitrogens with zero attached hydrogens (tertiary/aromatic N) is 3. The van der Waals surface area contributed by atoms with Gasteiger partial charge in [0.05, 0.1) is 11.0 Å². The molecule has 1 aromatic carbocycles. The molecule has 2 aromatic rings. The van der Waals surface area contributed by atoms with Gasteiger partial charge >= 0.3 is 6.01 Å². The maximum Gasteiger partial charge on any atom is 0.316 e. The minimum absolute atomic E-state index is 0.0515. The summed E-state index contributed by atoms with van der Waals surface area (Å²) in [6.07, 6.45) is 4.84. The molecule has 136 valence electrons. The molecule has 1 atom stereocenters. The van der Waals surface area contributed by atoms with Crippen LogP contribution in [0.2, 0.25) is 0 Å². The van der Waals surface area contributed by atoms with Gasteiger partial charge in [-0.3, -0.25) is 9.59 Å². The van der Waals surface area contributed by atoms with Gasteiger partial charge in [-0.2, -0.15) is 0 Å². The summed E-state index contributed by atoms with van der Waals surface area (Å²) in [6.45, 7) is 2.63. The van der Waals surface area contributed by atoms with Gasteiger partial charge in [0.15, 0.2) is 0 Å². The Bertz CT molecular complexity index is 780. The quantitative estimate of drug-likeness (QED) is 0.824. The third-order valence-corrected chi connectivity index (χ3v) is 4.40. The summed E-state index contributed by atoms with van der Waals surface area (Å²) in [4.78, 5) is 33.8. The van der Waals surface area contributed by atoms with Crippen LogP contribution in [-0.2, 0) is 4.79 Å². The first-order valence-electron chi connectivity index (χ1n) is 8.32. The number of amides is 2. The van der Waals surface area contributed by atoms with Gasteiger partial charge in [-0.15, -0.1) is 0 Å². The smallest absolute Gasteiger partial charge is 0.316 e. The van der Waals surface area contributed by atoms with E-state index in [2.05, 4.69) is 31.2 Å². The van der Waals surface area contributed by atoms with E-state index in [1.807, 2.05) is 0 Å². The van der Waals surface area contributed by atoms with E-state index < -0.39 is 0 Å². The van der Waals surface area contributed by atoms with E-state index in [1.165, 1.54) is 6.92 Å². The van der Waals surface area contributed by atoms with Gasteiger partial charge in [0, 0.05) is 37.1 Å². The second kappa shape index (κ2) is 8.27. The molecular weight excluding hydrogens is 400 g/mol. The second-order valence-electron chi connectivity index (χ2n) is 6.08. The maximum atomic E-state index is 12.7. The highest BCUT2D eigenvalue weighted by atomic mass is 79.9. The predicted octanol–water partition coefficient (Wildman–Crippen LogP) is 2.88. The van der Waals surface area contributed by atoms with Gasteiger partial charge in [-0.25, -0.2) is 9.97 Å². The zero-order chi connectivity index (χ0) is 18.5. The highest BCUT2D eigenvalue weighted by Crippen LogP contribution is 2.19. The topological polar surface area (TPSA) is 84.4 Å². The Morgan fingerprint density at radius 2 is 1.92 bits per heavy atom. The van der Waals surface area contributed by atoms with Gasteiger partial charge in [0.1, 0.15) is 6.10 Å². The lowest BCUT2D eigenvalue weighted by molar-refractivity contribution is -0.114. The molecule has 1 aliphatic rings. The summed E-state index contributed by atoms with van der Waals surface area (Å²) in [7, 11) is 0. The number of halogens is 1. The SMILES string of the molecule is CC(=O)Nc1ccc(C(=O)N2CCCC(Oc3ncc(Br)cn3)C2)cc1. The van der Waals surface area contributed by atoms with E-state index in [0.29, 0.717) is 30.4 Å². The fourth-order valence-electron chi connectivity index (χ4n) is 2.81. The number of hydrogen-bond donors (Lipinski definition) is 1. The van der Waals surface area contributed by atoms with Crippen molar-refractivity contribution in [3.8, 4) is 6.01 Å². The van der Waals surface area contributed by atoms with Gasteiger partial charge in [-0.05, 0) is 53.0 Å². The summed E-state index contributed by atoms with van der Waals surface area (Å²) in [5.74, 6) is -0.195.